The Morgan fingerprint density at radius 2 is 2.00 bits per heavy atom. The van der Waals surface area contributed by atoms with E-state index >= 15 is 0 Å². The van der Waals surface area contributed by atoms with Crippen LogP contribution in [-0.4, -0.2) is 12.5 Å². The Morgan fingerprint density at radius 3 is 2.47 bits per heavy atom. The van der Waals surface area contributed by atoms with E-state index in [9.17, 15) is 4.79 Å². The van der Waals surface area contributed by atoms with Gasteiger partial charge in [0.1, 0.15) is 5.75 Å². The summed E-state index contributed by atoms with van der Waals surface area (Å²) in [6, 6.07) is 7.10. The van der Waals surface area contributed by atoms with Gasteiger partial charge in [-0.2, -0.15) is 0 Å². The molecule has 0 aliphatic carbocycles. The van der Waals surface area contributed by atoms with E-state index in [1.54, 1.807) is 12.1 Å². The first-order chi connectivity index (χ1) is 7.13. The molecule has 0 heterocycles. The van der Waals surface area contributed by atoms with E-state index in [2.05, 4.69) is 0 Å². The monoisotopic (exact) mass is 208 g/mol. The maximum absolute atomic E-state index is 10.7. The summed E-state index contributed by atoms with van der Waals surface area (Å²) in [6.07, 6.45) is 0.743. The number of carbonyl (C=O) groups is 1. The fourth-order valence-corrected chi connectivity index (χ4v) is 1.30. The molecule has 1 rings (SSSR count). The third-order valence-electron chi connectivity index (χ3n) is 2.05. The van der Waals surface area contributed by atoms with E-state index in [0.717, 1.165) is 12.0 Å². The molecule has 0 aliphatic rings. The Balaban J connectivity index is 2.67. The van der Waals surface area contributed by atoms with Crippen LogP contribution in [-0.2, 0) is 4.79 Å². The van der Waals surface area contributed by atoms with Gasteiger partial charge in [0.2, 0.25) is 0 Å². The molecule has 0 radical (unpaired) electrons. The SMILES string of the molecule is CC(=O)Oc1ccc([C@@H](N)CCN)cc1. The van der Waals surface area contributed by atoms with E-state index < -0.39 is 0 Å². The standard InChI is InChI=1S/C11H16N2O2/c1-8(14)15-10-4-2-9(3-5-10)11(13)6-7-12/h2-5,11H,6-7,12-13H2,1H3/t11-/m0/s1. The second-order valence-electron chi connectivity index (χ2n) is 3.35. The summed E-state index contributed by atoms with van der Waals surface area (Å²) >= 11 is 0. The van der Waals surface area contributed by atoms with E-state index in [0.29, 0.717) is 12.3 Å². The first-order valence-electron chi connectivity index (χ1n) is 4.87. The van der Waals surface area contributed by atoms with Crippen molar-refractivity contribution in [3.05, 3.63) is 29.8 Å². The zero-order chi connectivity index (χ0) is 11.3. The van der Waals surface area contributed by atoms with Gasteiger partial charge in [0, 0.05) is 13.0 Å². The van der Waals surface area contributed by atoms with E-state index in [1.165, 1.54) is 6.92 Å². The highest BCUT2D eigenvalue weighted by molar-refractivity contribution is 5.69. The molecule has 1 aromatic rings. The van der Waals surface area contributed by atoms with Gasteiger partial charge in [-0.25, -0.2) is 0 Å². The number of ether oxygens (including phenoxy) is 1. The average molecular weight is 208 g/mol. The van der Waals surface area contributed by atoms with Crippen LogP contribution < -0.4 is 16.2 Å². The minimum absolute atomic E-state index is 0.0543. The van der Waals surface area contributed by atoms with Crippen LogP contribution in [0.2, 0.25) is 0 Å². The molecule has 0 aliphatic heterocycles. The van der Waals surface area contributed by atoms with Crippen molar-refractivity contribution in [3.8, 4) is 5.75 Å². The molecule has 15 heavy (non-hydrogen) atoms. The molecule has 0 bridgehead atoms. The van der Waals surface area contributed by atoms with E-state index in [4.69, 9.17) is 16.2 Å². The first kappa shape index (κ1) is 11.7. The fraction of sp³-hybridized carbons (Fsp3) is 0.364. The largest absolute Gasteiger partial charge is 0.427 e. The van der Waals surface area contributed by atoms with Crippen molar-refractivity contribution in [2.24, 2.45) is 11.5 Å². The van der Waals surface area contributed by atoms with Gasteiger partial charge in [-0.3, -0.25) is 4.79 Å². The smallest absolute Gasteiger partial charge is 0.308 e. The van der Waals surface area contributed by atoms with Crippen LogP contribution in [0.3, 0.4) is 0 Å². The molecule has 4 nitrogen and oxygen atoms in total. The van der Waals surface area contributed by atoms with E-state index in [1.807, 2.05) is 12.1 Å². The van der Waals surface area contributed by atoms with Crippen LogP contribution in [0.25, 0.3) is 0 Å². The number of rotatable bonds is 4. The molecule has 0 unspecified atom stereocenters. The highest BCUT2D eigenvalue weighted by atomic mass is 16.5. The second-order valence-corrected chi connectivity index (χ2v) is 3.35. The summed E-state index contributed by atoms with van der Waals surface area (Å²) in [5, 5.41) is 0. The van der Waals surface area contributed by atoms with Gasteiger partial charge in [-0.05, 0) is 30.7 Å². The number of benzene rings is 1. The summed E-state index contributed by atoms with van der Waals surface area (Å²) in [5.74, 6) is 0.209. The van der Waals surface area contributed by atoms with Crippen molar-refractivity contribution in [2.45, 2.75) is 19.4 Å². The summed E-state index contributed by atoms with van der Waals surface area (Å²) < 4.78 is 4.90. The summed E-state index contributed by atoms with van der Waals surface area (Å²) in [7, 11) is 0. The normalized spacial score (nSPS) is 12.2. The van der Waals surface area contributed by atoms with Gasteiger partial charge in [0.15, 0.2) is 0 Å². The predicted octanol–water partition coefficient (Wildman–Crippen LogP) is 0.960. The van der Waals surface area contributed by atoms with Gasteiger partial charge in [0.05, 0.1) is 0 Å². The molecule has 0 amide bonds. The lowest BCUT2D eigenvalue weighted by molar-refractivity contribution is -0.131. The van der Waals surface area contributed by atoms with Gasteiger partial charge in [-0.1, -0.05) is 12.1 Å². The molecule has 0 fully saturated rings. The van der Waals surface area contributed by atoms with Crippen LogP contribution in [0.4, 0.5) is 0 Å². The Hall–Kier alpha value is -1.39. The van der Waals surface area contributed by atoms with Crippen LogP contribution in [0, 0.1) is 0 Å². The van der Waals surface area contributed by atoms with Crippen molar-refractivity contribution in [2.75, 3.05) is 6.54 Å². The maximum Gasteiger partial charge on any atom is 0.308 e. The Bertz CT molecular complexity index is 322. The van der Waals surface area contributed by atoms with Crippen LogP contribution in [0.5, 0.6) is 5.75 Å². The number of nitrogens with two attached hydrogens (primary N) is 2. The first-order valence-corrected chi connectivity index (χ1v) is 4.87. The lowest BCUT2D eigenvalue weighted by Gasteiger charge is -2.10. The Kier molecular flexibility index (Phi) is 4.27. The van der Waals surface area contributed by atoms with Crippen LogP contribution in [0.1, 0.15) is 24.9 Å². The second kappa shape index (κ2) is 5.48. The van der Waals surface area contributed by atoms with Crippen molar-refractivity contribution >= 4 is 5.97 Å². The van der Waals surface area contributed by atoms with Crippen LogP contribution >= 0.6 is 0 Å². The molecule has 1 aromatic carbocycles. The number of hydrogen-bond donors (Lipinski definition) is 2. The maximum atomic E-state index is 10.7. The van der Waals surface area contributed by atoms with Gasteiger partial charge >= 0.3 is 5.97 Å². The minimum Gasteiger partial charge on any atom is -0.427 e. The topological polar surface area (TPSA) is 78.3 Å². The summed E-state index contributed by atoms with van der Waals surface area (Å²) in [5.41, 5.74) is 12.3. The third-order valence-corrected chi connectivity index (χ3v) is 2.05. The molecule has 1 atom stereocenters. The van der Waals surface area contributed by atoms with E-state index in [-0.39, 0.29) is 12.0 Å². The molecular formula is C11H16N2O2. The van der Waals surface area contributed by atoms with Crippen molar-refractivity contribution < 1.29 is 9.53 Å². The molecule has 4 N–H and O–H groups in total. The third kappa shape index (κ3) is 3.69. The molecule has 0 saturated heterocycles. The average Bonchev–Trinajstić information content (AvgIpc) is 2.18. The summed E-state index contributed by atoms with van der Waals surface area (Å²) in [6.45, 7) is 1.93. The Labute approximate surface area is 89.2 Å². The lowest BCUT2D eigenvalue weighted by Crippen LogP contribution is -2.15. The molecule has 4 heteroatoms. The molecule has 82 valence electrons. The van der Waals surface area contributed by atoms with Crippen molar-refractivity contribution in [3.63, 3.8) is 0 Å². The Morgan fingerprint density at radius 1 is 1.40 bits per heavy atom. The molecule has 0 saturated carbocycles. The highest BCUT2D eigenvalue weighted by Crippen LogP contribution is 2.18. The number of hydrogen-bond acceptors (Lipinski definition) is 4. The van der Waals surface area contributed by atoms with Gasteiger partial charge < -0.3 is 16.2 Å². The fourth-order valence-electron chi connectivity index (χ4n) is 1.30. The predicted molar refractivity (Wildman–Crippen MR) is 58.4 cm³/mol. The zero-order valence-corrected chi connectivity index (χ0v) is 8.77. The van der Waals surface area contributed by atoms with Gasteiger partial charge in [0.25, 0.3) is 0 Å². The number of esters is 1. The summed E-state index contributed by atoms with van der Waals surface area (Å²) in [4.78, 5) is 10.7. The minimum atomic E-state index is -0.325. The molecule has 0 aromatic heterocycles. The quantitative estimate of drug-likeness (QED) is 0.570. The molecule has 0 spiro atoms. The number of carbonyl (C=O) groups excluding carboxylic acids is 1. The van der Waals surface area contributed by atoms with Crippen LogP contribution in [0.15, 0.2) is 24.3 Å². The lowest BCUT2D eigenvalue weighted by atomic mass is 10.1. The zero-order valence-electron chi connectivity index (χ0n) is 8.77. The highest BCUT2D eigenvalue weighted by Gasteiger charge is 2.05. The molecular weight excluding hydrogens is 192 g/mol. The van der Waals surface area contributed by atoms with Crippen molar-refractivity contribution in [1.82, 2.24) is 0 Å². The van der Waals surface area contributed by atoms with Gasteiger partial charge in [-0.15, -0.1) is 0 Å². The van der Waals surface area contributed by atoms with Crippen molar-refractivity contribution in [1.29, 1.82) is 0 Å².